The molecular weight excluding hydrogens is 236 g/mol. The molecule has 0 aromatic heterocycles. The molecule has 0 aliphatic rings. The summed E-state index contributed by atoms with van der Waals surface area (Å²) in [6.45, 7) is 10.5. The smallest absolute Gasteiger partial charge is 0.114 e. The molecule has 1 unspecified atom stereocenters. The third kappa shape index (κ3) is 4.60. The Morgan fingerprint density at radius 3 is 2.16 bits per heavy atom. The zero-order chi connectivity index (χ0) is 14.5. The van der Waals surface area contributed by atoms with Crippen LogP contribution in [-0.2, 0) is 5.60 Å². The molecule has 19 heavy (non-hydrogen) atoms. The van der Waals surface area contributed by atoms with Gasteiger partial charge in [-0.25, -0.2) is 0 Å². The van der Waals surface area contributed by atoms with Gasteiger partial charge in [0.1, 0.15) is 5.60 Å². The Labute approximate surface area is 117 Å². The van der Waals surface area contributed by atoms with Crippen molar-refractivity contribution in [3.05, 3.63) is 35.9 Å². The molecule has 3 nitrogen and oxygen atoms in total. The van der Waals surface area contributed by atoms with Crippen LogP contribution in [0.1, 0.15) is 33.3 Å². The summed E-state index contributed by atoms with van der Waals surface area (Å²) in [5, 5.41) is 10.9. The Kier molecular flexibility index (Phi) is 5.98. The van der Waals surface area contributed by atoms with Crippen LogP contribution in [0.2, 0.25) is 0 Å². The van der Waals surface area contributed by atoms with Crippen molar-refractivity contribution in [2.45, 2.75) is 39.3 Å². The van der Waals surface area contributed by atoms with E-state index in [4.69, 9.17) is 5.73 Å². The van der Waals surface area contributed by atoms with Crippen molar-refractivity contribution < 1.29 is 5.11 Å². The Morgan fingerprint density at radius 2 is 1.74 bits per heavy atom. The van der Waals surface area contributed by atoms with Gasteiger partial charge >= 0.3 is 0 Å². The molecule has 0 radical (unpaired) electrons. The number of rotatable bonds is 7. The highest BCUT2D eigenvalue weighted by molar-refractivity contribution is 5.23. The van der Waals surface area contributed by atoms with E-state index in [9.17, 15) is 5.11 Å². The fourth-order valence-electron chi connectivity index (χ4n) is 2.29. The van der Waals surface area contributed by atoms with Crippen LogP contribution in [0.25, 0.3) is 0 Å². The Bertz CT molecular complexity index is 364. The van der Waals surface area contributed by atoms with Gasteiger partial charge in [0, 0.05) is 25.7 Å². The number of hydrogen-bond acceptors (Lipinski definition) is 3. The van der Waals surface area contributed by atoms with Gasteiger partial charge in [0.25, 0.3) is 0 Å². The van der Waals surface area contributed by atoms with Gasteiger partial charge in [-0.3, -0.25) is 4.90 Å². The van der Waals surface area contributed by atoms with Gasteiger partial charge in [-0.15, -0.1) is 0 Å². The molecule has 1 atom stereocenters. The van der Waals surface area contributed by atoms with Gasteiger partial charge in [-0.05, 0) is 25.3 Å². The predicted molar refractivity (Wildman–Crippen MR) is 80.9 cm³/mol. The molecule has 0 aliphatic carbocycles. The lowest BCUT2D eigenvalue weighted by atomic mass is 9.92. The van der Waals surface area contributed by atoms with E-state index >= 15 is 0 Å². The summed E-state index contributed by atoms with van der Waals surface area (Å²) in [7, 11) is 0. The lowest BCUT2D eigenvalue weighted by molar-refractivity contribution is -0.00547. The van der Waals surface area contributed by atoms with E-state index in [0.29, 0.717) is 18.5 Å². The van der Waals surface area contributed by atoms with Crippen molar-refractivity contribution in [3.8, 4) is 0 Å². The zero-order valence-electron chi connectivity index (χ0n) is 12.6. The number of nitrogens with two attached hydrogens (primary N) is 1. The molecular formula is C16H28N2O. The Balaban J connectivity index is 2.90. The number of aliphatic hydroxyl groups is 1. The molecule has 1 rings (SSSR count). The summed E-state index contributed by atoms with van der Waals surface area (Å²) < 4.78 is 0. The topological polar surface area (TPSA) is 49.5 Å². The molecule has 1 aromatic carbocycles. The summed E-state index contributed by atoms with van der Waals surface area (Å²) in [5.41, 5.74) is 5.77. The molecule has 0 fully saturated rings. The summed E-state index contributed by atoms with van der Waals surface area (Å²) >= 11 is 0. The average molecular weight is 264 g/mol. The minimum absolute atomic E-state index is 0.234. The first-order valence-electron chi connectivity index (χ1n) is 7.11. The standard InChI is InChI=1S/C16H28N2O/c1-13(2)10-18(14(3)4)12-16(19,11-17)15-8-6-5-7-9-15/h5-9,13-14,19H,10-12,17H2,1-4H3. The van der Waals surface area contributed by atoms with Crippen LogP contribution in [-0.4, -0.2) is 35.7 Å². The first kappa shape index (κ1) is 16.2. The van der Waals surface area contributed by atoms with E-state index in [2.05, 4.69) is 32.6 Å². The number of hydrogen-bond donors (Lipinski definition) is 2. The van der Waals surface area contributed by atoms with E-state index < -0.39 is 5.60 Å². The summed E-state index contributed by atoms with van der Waals surface area (Å²) in [5.74, 6) is 0.570. The first-order chi connectivity index (χ1) is 8.89. The molecule has 3 heteroatoms. The highest BCUT2D eigenvalue weighted by Crippen LogP contribution is 2.22. The lowest BCUT2D eigenvalue weighted by Crippen LogP contribution is -2.49. The van der Waals surface area contributed by atoms with Gasteiger partial charge in [-0.2, -0.15) is 0 Å². The van der Waals surface area contributed by atoms with Gasteiger partial charge in [0.05, 0.1) is 0 Å². The first-order valence-corrected chi connectivity index (χ1v) is 7.11. The minimum Gasteiger partial charge on any atom is -0.382 e. The summed E-state index contributed by atoms with van der Waals surface area (Å²) in [6.07, 6.45) is 0. The van der Waals surface area contributed by atoms with Crippen LogP contribution in [0.5, 0.6) is 0 Å². The predicted octanol–water partition coefficient (Wildman–Crippen LogP) is 2.20. The van der Waals surface area contributed by atoms with Gasteiger partial charge in [0.15, 0.2) is 0 Å². The van der Waals surface area contributed by atoms with Crippen LogP contribution in [0.3, 0.4) is 0 Å². The third-order valence-corrected chi connectivity index (χ3v) is 3.44. The Morgan fingerprint density at radius 1 is 1.16 bits per heavy atom. The minimum atomic E-state index is -0.972. The second-order valence-corrected chi connectivity index (χ2v) is 6.02. The van der Waals surface area contributed by atoms with Crippen LogP contribution in [0.15, 0.2) is 30.3 Å². The molecule has 1 aromatic rings. The lowest BCUT2D eigenvalue weighted by Gasteiger charge is -2.37. The van der Waals surface area contributed by atoms with E-state index in [1.807, 2.05) is 30.3 Å². The van der Waals surface area contributed by atoms with E-state index in [-0.39, 0.29) is 6.54 Å². The average Bonchev–Trinajstić information content (AvgIpc) is 2.38. The number of benzene rings is 1. The molecule has 0 bridgehead atoms. The van der Waals surface area contributed by atoms with Crippen molar-refractivity contribution in [1.82, 2.24) is 4.90 Å². The quantitative estimate of drug-likeness (QED) is 0.794. The number of nitrogens with zero attached hydrogens (tertiary/aromatic N) is 1. The van der Waals surface area contributed by atoms with Crippen LogP contribution >= 0.6 is 0 Å². The van der Waals surface area contributed by atoms with Crippen molar-refractivity contribution in [2.75, 3.05) is 19.6 Å². The van der Waals surface area contributed by atoms with Crippen LogP contribution in [0.4, 0.5) is 0 Å². The van der Waals surface area contributed by atoms with Crippen molar-refractivity contribution >= 4 is 0 Å². The van der Waals surface area contributed by atoms with Crippen molar-refractivity contribution in [2.24, 2.45) is 11.7 Å². The molecule has 0 aliphatic heterocycles. The monoisotopic (exact) mass is 264 g/mol. The highest BCUT2D eigenvalue weighted by Gasteiger charge is 2.31. The molecule has 0 spiro atoms. The van der Waals surface area contributed by atoms with Gasteiger partial charge in [0.2, 0.25) is 0 Å². The maximum Gasteiger partial charge on any atom is 0.114 e. The van der Waals surface area contributed by atoms with Gasteiger partial charge < -0.3 is 10.8 Å². The second-order valence-electron chi connectivity index (χ2n) is 6.02. The summed E-state index contributed by atoms with van der Waals surface area (Å²) in [4.78, 5) is 2.30. The maximum atomic E-state index is 10.9. The molecule has 108 valence electrons. The van der Waals surface area contributed by atoms with E-state index in [1.54, 1.807) is 0 Å². The zero-order valence-corrected chi connectivity index (χ0v) is 12.6. The van der Waals surface area contributed by atoms with Gasteiger partial charge in [-0.1, -0.05) is 44.2 Å². The van der Waals surface area contributed by atoms with E-state index in [0.717, 1.165) is 12.1 Å². The maximum absolute atomic E-state index is 10.9. The fraction of sp³-hybridized carbons (Fsp3) is 0.625. The molecule has 0 heterocycles. The van der Waals surface area contributed by atoms with E-state index in [1.165, 1.54) is 0 Å². The largest absolute Gasteiger partial charge is 0.382 e. The van der Waals surface area contributed by atoms with Crippen molar-refractivity contribution in [1.29, 1.82) is 0 Å². The highest BCUT2D eigenvalue weighted by atomic mass is 16.3. The normalized spacial score (nSPS) is 15.2. The fourth-order valence-corrected chi connectivity index (χ4v) is 2.29. The molecule has 0 amide bonds. The SMILES string of the molecule is CC(C)CN(CC(O)(CN)c1ccccc1)C(C)C. The summed E-state index contributed by atoms with van der Waals surface area (Å²) in [6, 6.07) is 10.1. The second kappa shape index (κ2) is 7.04. The van der Waals surface area contributed by atoms with Crippen molar-refractivity contribution in [3.63, 3.8) is 0 Å². The third-order valence-electron chi connectivity index (χ3n) is 3.44. The van der Waals surface area contributed by atoms with Crippen LogP contribution in [0, 0.1) is 5.92 Å². The van der Waals surface area contributed by atoms with Crippen LogP contribution < -0.4 is 5.73 Å². The molecule has 0 saturated carbocycles. The molecule has 3 N–H and O–H groups in total. The Hall–Kier alpha value is -0.900. The molecule has 0 saturated heterocycles.